The molecule has 4 aromatic rings. The fourth-order valence-electron chi connectivity index (χ4n) is 6.07. The molecule has 39 heavy (non-hydrogen) atoms. The first-order chi connectivity index (χ1) is 18.6. The van der Waals surface area contributed by atoms with Gasteiger partial charge in [-0.2, -0.15) is 13.7 Å². The molecule has 7 heteroatoms. The molecule has 2 unspecified atom stereocenters. The maximum absolute atomic E-state index is 5.05. The highest BCUT2D eigenvalue weighted by atomic mass is 15.6. The summed E-state index contributed by atoms with van der Waals surface area (Å²) in [5.74, 6) is 0. The molecule has 1 fully saturated rings. The van der Waals surface area contributed by atoms with Crippen molar-refractivity contribution in [2.75, 3.05) is 14.1 Å². The van der Waals surface area contributed by atoms with Crippen molar-refractivity contribution in [3.63, 3.8) is 0 Å². The van der Waals surface area contributed by atoms with Crippen molar-refractivity contribution < 1.29 is 18.4 Å². The second-order valence-electron chi connectivity index (χ2n) is 11.1. The maximum Gasteiger partial charge on any atom is 0.302 e. The van der Waals surface area contributed by atoms with E-state index in [-0.39, 0.29) is 6.04 Å². The van der Waals surface area contributed by atoms with E-state index in [9.17, 15) is 0 Å². The monoisotopic (exact) mass is 525 g/mol. The van der Waals surface area contributed by atoms with Crippen molar-refractivity contribution in [1.82, 2.24) is 15.1 Å². The van der Waals surface area contributed by atoms with Crippen LogP contribution in [0.1, 0.15) is 53.3 Å². The van der Waals surface area contributed by atoms with Crippen LogP contribution in [0.4, 0.5) is 0 Å². The molecule has 5 rings (SSSR count). The molecule has 0 aliphatic carbocycles. The van der Waals surface area contributed by atoms with Crippen LogP contribution in [-0.4, -0.2) is 29.2 Å². The Bertz CT molecular complexity index is 1540. The Balaban J connectivity index is 1.40. The van der Waals surface area contributed by atoms with Gasteiger partial charge in [-0.1, -0.05) is 4.68 Å². The third-order valence-corrected chi connectivity index (χ3v) is 9.03. The Hall–Kier alpha value is -3.55. The molecule has 2 atom stereocenters. The predicted octanol–water partition coefficient (Wildman–Crippen LogP) is 2.99. The number of nitrogens with zero attached hydrogens (tertiary/aromatic N) is 7. The Morgan fingerprint density at radius 3 is 1.74 bits per heavy atom. The van der Waals surface area contributed by atoms with E-state index in [0.717, 1.165) is 29.9 Å². The van der Waals surface area contributed by atoms with Gasteiger partial charge in [0.15, 0.2) is 24.1 Å². The average Bonchev–Trinajstić information content (AvgIpc) is 2.91. The first-order valence-corrected chi connectivity index (χ1v) is 13.8. The molecule has 1 aliphatic heterocycles. The Morgan fingerprint density at radius 2 is 1.13 bits per heavy atom. The highest BCUT2D eigenvalue weighted by Crippen LogP contribution is 2.39. The molecule has 0 aromatic carbocycles. The van der Waals surface area contributed by atoms with Crippen molar-refractivity contribution in [3.8, 4) is 22.8 Å². The Labute approximate surface area is 233 Å². The second kappa shape index (κ2) is 10.5. The first-order valence-electron chi connectivity index (χ1n) is 13.8. The van der Waals surface area contributed by atoms with E-state index in [1.165, 1.54) is 34.0 Å². The average molecular weight is 526 g/mol. The van der Waals surface area contributed by atoms with Gasteiger partial charge in [0.05, 0.1) is 12.1 Å². The number of pyridine rings is 3. The van der Waals surface area contributed by atoms with Crippen molar-refractivity contribution in [2.45, 2.75) is 45.7 Å². The minimum absolute atomic E-state index is 0.234. The normalized spacial score (nSPS) is 18.5. The summed E-state index contributed by atoms with van der Waals surface area (Å²) in [6, 6.07) is 22.5. The summed E-state index contributed by atoms with van der Waals surface area (Å²) in [7, 11) is 12.9. The van der Waals surface area contributed by atoms with Gasteiger partial charge in [-0.05, 0) is 42.2 Å². The Morgan fingerprint density at radius 1 is 0.615 bits per heavy atom. The number of rotatable bonds is 4. The van der Waals surface area contributed by atoms with Crippen LogP contribution < -0.4 is 18.4 Å². The van der Waals surface area contributed by atoms with Gasteiger partial charge in [-0.15, -0.1) is 0 Å². The van der Waals surface area contributed by atoms with Crippen molar-refractivity contribution >= 4 is 0 Å². The number of aryl methyl sites for hydroxylation is 3. The summed E-state index contributed by atoms with van der Waals surface area (Å²) in [5.41, 5.74) is 11.0. The van der Waals surface area contributed by atoms with Crippen LogP contribution in [-0.2, 0) is 28.2 Å². The molecule has 0 N–H and O–H groups in total. The third-order valence-electron chi connectivity index (χ3n) is 9.03. The summed E-state index contributed by atoms with van der Waals surface area (Å²) < 4.78 is 8.85. The quantitative estimate of drug-likeness (QED) is 0.385. The molecule has 0 spiro atoms. The molecular formula is C32H43N7+4. The van der Waals surface area contributed by atoms with E-state index >= 15 is 0 Å². The van der Waals surface area contributed by atoms with Gasteiger partial charge in [0.2, 0.25) is 0 Å². The lowest BCUT2D eigenvalue weighted by Crippen LogP contribution is -2.49. The van der Waals surface area contributed by atoms with E-state index in [4.69, 9.17) is 5.10 Å². The van der Waals surface area contributed by atoms with E-state index < -0.39 is 0 Å². The van der Waals surface area contributed by atoms with Crippen LogP contribution in [0.2, 0.25) is 0 Å². The summed E-state index contributed by atoms with van der Waals surface area (Å²) >= 11 is 0. The third kappa shape index (κ3) is 4.74. The zero-order chi connectivity index (χ0) is 28.0. The fraction of sp³-hybridized carbons (Fsp3) is 0.406. The van der Waals surface area contributed by atoms with Crippen LogP contribution >= 0.6 is 0 Å². The highest BCUT2D eigenvalue weighted by Gasteiger charge is 2.37. The van der Waals surface area contributed by atoms with E-state index in [2.05, 4.69) is 147 Å². The zero-order valence-electron chi connectivity index (χ0n) is 25.0. The summed E-state index contributed by atoms with van der Waals surface area (Å²) in [5, 5.41) is 9.82. The maximum atomic E-state index is 5.05. The first kappa shape index (κ1) is 27.0. The van der Waals surface area contributed by atoms with Crippen molar-refractivity contribution in [3.05, 3.63) is 89.0 Å². The van der Waals surface area contributed by atoms with E-state index in [0.29, 0.717) is 6.04 Å². The molecule has 0 radical (unpaired) electrons. The van der Waals surface area contributed by atoms with Crippen LogP contribution in [0.5, 0.6) is 0 Å². The Kier molecular flexibility index (Phi) is 7.31. The molecule has 1 aliphatic rings. The highest BCUT2D eigenvalue weighted by molar-refractivity contribution is 5.48. The van der Waals surface area contributed by atoms with Crippen molar-refractivity contribution in [1.29, 1.82) is 0 Å². The van der Waals surface area contributed by atoms with Crippen LogP contribution in [0, 0.1) is 20.8 Å². The lowest BCUT2D eigenvalue weighted by molar-refractivity contribution is -0.733. The van der Waals surface area contributed by atoms with Gasteiger partial charge in [0.25, 0.3) is 17.1 Å². The van der Waals surface area contributed by atoms with E-state index in [1.807, 2.05) is 4.68 Å². The summed E-state index contributed by atoms with van der Waals surface area (Å²) in [4.78, 5) is 0. The topological polar surface area (TPSA) is 34.9 Å². The van der Waals surface area contributed by atoms with Gasteiger partial charge < -0.3 is 0 Å². The van der Waals surface area contributed by atoms with Crippen LogP contribution in [0.15, 0.2) is 60.7 Å². The molecule has 1 saturated heterocycles. The number of hydrogen-bond donors (Lipinski definition) is 0. The molecule has 4 aromatic heterocycles. The number of hydrazine groups is 1. The molecular weight excluding hydrogens is 482 g/mol. The largest absolute Gasteiger partial charge is 0.302 e. The molecule has 0 bridgehead atoms. The lowest BCUT2D eigenvalue weighted by Gasteiger charge is -2.44. The van der Waals surface area contributed by atoms with Crippen LogP contribution in [0.3, 0.4) is 0 Å². The van der Waals surface area contributed by atoms with E-state index in [1.54, 1.807) is 0 Å². The molecule has 0 amide bonds. The second-order valence-corrected chi connectivity index (χ2v) is 11.1. The van der Waals surface area contributed by atoms with Gasteiger partial charge in [0, 0.05) is 76.8 Å². The summed E-state index contributed by atoms with van der Waals surface area (Å²) in [6.07, 6.45) is 2.12. The minimum atomic E-state index is 0.234. The van der Waals surface area contributed by atoms with Gasteiger partial charge in [-0.3, -0.25) is 0 Å². The molecule has 202 valence electrons. The fourth-order valence-corrected chi connectivity index (χ4v) is 6.07. The molecule has 5 heterocycles. The number of aromatic nitrogens is 5. The van der Waals surface area contributed by atoms with Crippen molar-refractivity contribution in [2.24, 2.45) is 28.2 Å². The van der Waals surface area contributed by atoms with Crippen LogP contribution in [0.25, 0.3) is 22.8 Å². The number of hydrogen-bond acceptors (Lipinski definition) is 3. The molecule has 7 nitrogen and oxygen atoms in total. The lowest BCUT2D eigenvalue weighted by atomic mass is 9.93. The standard InChI is InChI=1S/C32H43N7/c1-22-12-10-14-29(34(22)4)31-18-16-25(24(3)36(31)6)27-20-21-28(39(9)38(27)8)26-17-19-32(37(7)33-26)30-15-11-13-23(2)35(30)5/h10-19,27-28H,20-21H2,1-9H3/q+4. The molecule has 0 saturated carbocycles. The smallest absolute Gasteiger partial charge is 0.237 e. The predicted molar refractivity (Wildman–Crippen MR) is 151 cm³/mol. The van der Waals surface area contributed by atoms with Gasteiger partial charge >= 0.3 is 5.69 Å². The summed E-state index contributed by atoms with van der Waals surface area (Å²) in [6.45, 7) is 6.53. The van der Waals surface area contributed by atoms with Gasteiger partial charge in [0.1, 0.15) is 26.8 Å². The minimum Gasteiger partial charge on any atom is -0.237 e. The van der Waals surface area contributed by atoms with Gasteiger partial charge in [-0.25, -0.2) is 10.0 Å². The zero-order valence-corrected chi connectivity index (χ0v) is 25.0. The SMILES string of the molecule is Cc1cccc(-c2ccc(C3CCC(c4ccc(-c5cccc(C)[n+]5C)[n+](C)c4C)N(C)N3C)n[n+]2C)[n+]1C.